The monoisotopic (exact) mass is 313 g/mol. The standard InChI is InChI=1S/C13H23N5O2S/c1-5-17(4)9(19)8-15-12(20)10-11(14)16-13(21-10)18(6-2)7-3/h5-8,14H2,1-4H3,(H,15,20). The van der Waals surface area contributed by atoms with Crippen LogP contribution in [0.15, 0.2) is 0 Å². The van der Waals surface area contributed by atoms with Crippen molar-refractivity contribution in [2.75, 3.05) is 43.9 Å². The molecule has 0 saturated heterocycles. The van der Waals surface area contributed by atoms with Gasteiger partial charge in [-0.15, -0.1) is 0 Å². The predicted molar refractivity (Wildman–Crippen MR) is 85.7 cm³/mol. The summed E-state index contributed by atoms with van der Waals surface area (Å²) >= 11 is 1.24. The number of carbonyl (C=O) groups excluding carboxylic acids is 2. The van der Waals surface area contributed by atoms with Crippen molar-refractivity contribution in [1.82, 2.24) is 15.2 Å². The van der Waals surface area contributed by atoms with E-state index in [1.807, 2.05) is 25.7 Å². The molecule has 3 N–H and O–H groups in total. The summed E-state index contributed by atoms with van der Waals surface area (Å²) in [6.45, 7) is 8.05. The number of anilines is 2. The Balaban J connectivity index is 2.73. The number of nitrogens with one attached hydrogen (secondary N) is 1. The first-order valence-electron chi connectivity index (χ1n) is 6.97. The number of amides is 2. The molecule has 1 heterocycles. The molecule has 118 valence electrons. The van der Waals surface area contributed by atoms with Gasteiger partial charge in [0, 0.05) is 26.7 Å². The molecule has 0 saturated carbocycles. The van der Waals surface area contributed by atoms with Crippen LogP contribution in [0, 0.1) is 0 Å². The molecule has 8 heteroatoms. The van der Waals surface area contributed by atoms with Gasteiger partial charge in [-0.1, -0.05) is 11.3 Å². The highest BCUT2D eigenvalue weighted by atomic mass is 32.1. The lowest BCUT2D eigenvalue weighted by atomic mass is 10.4. The van der Waals surface area contributed by atoms with Gasteiger partial charge in [0.2, 0.25) is 5.91 Å². The SMILES string of the molecule is CCN(C)C(=O)CNC(=O)c1sc(N(CC)CC)nc1N. The maximum atomic E-state index is 12.1. The van der Waals surface area contributed by atoms with Gasteiger partial charge >= 0.3 is 0 Å². The van der Waals surface area contributed by atoms with Crippen molar-refractivity contribution < 1.29 is 9.59 Å². The van der Waals surface area contributed by atoms with E-state index in [0.717, 1.165) is 18.2 Å². The second-order valence-corrected chi connectivity index (χ2v) is 5.45. The third kappa shape index (κ3) is 4.32. The first kappa shape index (κ1) is 17.2. The molecule has 0 unspecified atom stereocenters. The third-order valence-corrected chi connectivity index (χ3v) is 4.31. The molecule has 0 aliphatic heterocycles. The third-order valence-electron chi connectivity index (χ3n) is 3.18. The van der Waals surface area contributed by atoms with Crippen molar-refractivity contribution in [2.24, 2.45) is 0 Å². The highest BCUT2D eigenvalue weighted by Gasteiger charge is 2.19. The van der Waals surface area contributed by atoms with Gasteiger partial charge < -0.3 is 20.9 Å². The van der Waals surface area contributed by atoms with Gasteiger partial charge in [-0.25, -0.2) is 4.98 Å². The van der Waals surface area contributed by atoms with Gasteiger partial charge in [0.15, 0.2) is 5.13 Å². The molecule has 0 aliphatic carbocycles. The lowest BCUT2D eigenvalue weighted by molar-refractivity contribution is -0.128. The second-order valence-electron chi connectivity index (χ2n) is 4.47. The lowest BCUT2D eigenvalue weighted by Crippen LogP contribution is -2.37. The molecule has 0 spiro atoms. The molecular formula is C13H23N5O2S. The van der Waals surface area contributed by atoms with Crippen LogP contribution in [0.3, 0.4) is 0 Å². The Kier molecular flexibility index (Phi) is 6.41. The molecule has 21 heavy (non-hydrogen) atoms. The summed E-state index contributed by atoms with van der Waals surface area (Å²) in [5.74, 6) is -0.296. The van der Waals surface area contributed by atoms with Crippen molar-refractivity contribution in [2.45, 2.75) is 20.8 Å². The number of rotatable bonds is 7. The van der Waals surface area contributed by atoms with Crippen molar-refractivity contribution in [3.05, 3.63) is 4.88 Å². The van der Waals surface area contributed by atoms with Gasteiger partial charge in [0.25, 0.3) is 5.91 Å². The quantitative estimate of drug-likeness (QED) is 0.776. The second kappa shape index (κ2) is 7.82. The number of aromatic nitrogens is 1. The topological polar surface area (TPSA) is 91.6 Å². The van der Waals surface area contributed by atoms with Crippen LogP contribution in [0.5, 0.6) is 0 Å². The Labute approximate surface area is 129 Å². The summed E-state index contributed by atoms with van der Waals surface area (Å²) in [5, 5.41) is 3.31. The fourth-order valence-corrected chi connectivity index (χ4v) is 2.69. The van der Waals surface area contributed by atoms with Crippen LogP contribution in [0.2, 0.25) is 0 Å². The summed E-state index contributed by atoms with van der Waals surface area (Å²) in [5.41, 5.74) is 5.80. The fourth-order valence-electron chi connectivity index (χ4n) is 1.66. The van der Waals surface area contributed by atoms with E-state index < -0.39 is 0 Å². The van der Waals surface area contributed by atoms with Crippen LogP contribution in [0.25, 0.3) is 0 Å². The Hall–Kier alpha value is -1.83. The molecule has 7 nitrogen and oxygen atoms in total. The Bertz CT molecular complexity index is 499. The molecular weight excluding hydrogens is 290 g/mol. The van der Waals surface area contributed by atoms with Gasteiger partial charge in [0.1, 0.15) is 10.7 Å². The zero-order valence-corrected chi connectivity index (χ0v) is 13.8. The highest BCUT2D eigenvalue weighted by Crippen LogP contribution is 2.27. The van der Waals surface area contributed by atoms with Crippen molar-refractivity contribution in [3.8, 4) is 0 Å². The zero-order chi connectivity index (χ0) is 16.0. The molecule has 0 atom stereocenters. The first-order chi connectivity index (χ1) is 9.94. The number of nitrogens with two attached hydrogens (primary N) is 1. The zero-order valence-electron chi connectivity index (χ0n) is 13.0. The van der Waals surface area contributed by atoms with Crippen LogP contribution >= 0.6 is 11.3 Å². The van der Waals surface area contributed by atoms with E-state index in [9.17, 15) is 9.59 Å². The lowest BCUT2D eigenvalue weighted by Gasteiger charge is -2.16. The van der Waals surface area contributed by atoms with Crippen LogP contribution in [0.1, 0.15) is 30.4 Å². The summed E-state index contributed by atoms with van der Waals surface area (Å²) in [6.07, 6.45) is 0. The minimum atomic E-state index is -0.360. The van der Waals surface area contributed by atoms with Crippen LogP contribution in [-0.2, 0) is 4.79 Å². The van der Waals surface area contributed by atoms with E-state index in [2.05, 4.69) is 10.3 Å². The normalized spacial score (nSPS) is 10.3. The molecule has 2 amide bonds. The largest absolute Gasteiger partial charge is 0.382 e. The minimum absolute atomic E-state index is 0.0406. The molecule has 1 aromatic heterocycles. The van der Waals surface area contributed by atoms with E-state index in [-0.39, 0.29) is 24.2 Å². The molecule has 0 fully saturated rings. The van der Waals surface area contributed by atoms with Crippen LogP contribution in [0.4, 0.5) is 10.9 Å². The number of nitrogen functional groups attached to an aromatic ring is 1. The maximum Gasteiger partial charge on any atom is 0.265 e. The van der Waals surface area contributed by atoms with Crippen LogP contribution < -0.4 is 16.0 Å². The molecule has 0 radical (unpaired) electrons. The van der Waals surface area contributed by atoms with Crippen molar-refractivity contribution in [3.63, 3.8) is 0 Å². The van der Waals surface area contributed by atoms with Crippen LogP contribution in [-0.4, -0.2) is 54.9 Å². The Morgan fingerprint density at radius 2 is 1.86 bits per heavy atom. The average Bonchev–Trinajstić information content (AvgIpc) is 2.86. The smallest absolute Gasteiger partial charge is 0.265 e. The number of carbonyl (C=O) groups is 2. The predicted octanol–water partition coefficient (Wildman–Crippen LogP) is 0.780. The number of hydrogen-bond acceptors (Lipinski definition) is 6. The van der Waals surface area contributed by atoms with E-state index in [1.54, 1.807) is 7.05 Å². The summed E-state index contributed by atoms with van der Waals surface area (Å²) < 4.78 is 0. The van der Waals surface area contributed by atoms with Gasteiger partial charge in [-0.3, -0.25) is 9.59 Å². The van der Waals surface area contributed by atoms with E-state index in [4.69, 9.17) is 5.73 Å². The molecule has 1 rings (SSSR count). The summed E-state index contributed by atoms with van der Waals surface area (Å²) in [6, 6.07) is 0. The highest BCUT2D eigenvalue weighted by molar-refractivity contribution is 7.18. The fraction of sp³-hybridized carbons (Fsp3) is 0.615. The molecule has 0 aromatic carbocycles. The Morgan fingerprint density at radius 3 is 2.38 bits per heavy atom. The molecule has 1 aromatic rings. The van der Waals surface area contributed by atoms with Gasteiger partial charge in [-0.05, 0) is 20.8 Å². The number of hydrogen-bond donors (Lipinski definition) is 2. The minimum Gasteiger partial charge on any atom is -0.382 e. The van der Waals surface area contributed by atoms with Gasteiger partial charge in [-0.2, -0.15) is 0 Å². The molecule has 0 bridgehead atoms. The molecule has 0 aliphatic rings. The average molecular weight is 313 g/mol. The van der Waals surface area contributed by atoms with E-state index in [0.29, 0.717) is 11.4 Å². The van der Waals surface area contributed by atoms with E-state index in [1.165, 1.54) is 16.2 Å². The van der Waals surface area contributed by atoms with E-state index >= 15 is 0 Å². The summed E-state index contributed by atoms with van der Waals surface area (Å²) in [7, 11) is 1.69. The number of thiazole rings is 1. The first-order valence-corrected chi connectivity index (χ1v) is 7.79. The summed E-state index contributed by atoms with van der Waals surface area (Å²) in [4.78, 5) is 31.9. The van der Waals surface area contributed by atoms with Gasteiger partial charge in [0.05, 0.1) is 6.54 Å². The Morgan fingerprint density at radius 1 is 1.24 bits per heavy atom. The number of likely N-dealkylation sites (N-methyl/N-ethyl adjacent to an activating group) is 1. The van der Waals surface area contributed by atoms with Crippen molar-refractivity contribution in [1.29, 1.82) is 0 Å². The van der Waals surface area contributed by atoms with Crippen molar-refractivity contribution >= 4 is 34.1 Å². The maximum absolute atomic E-state index is 12.1. The number of nitrogens with zero attached hydrogens (tertiary/aromatic N) is 3.